The standard InChI is InChI=1S/C27H28O6/c1-19-23(33-26(28)22-15-9-4-10-16-22)24(30-17-20-11-5-2-6-12-20)25(27(29)32-19)31-18-21-13-7-3-8-14-21/h2-16,19,23-25,27,29H,17-18H2,1H3/t19-,23+,24+,25-,27-/m0/s1. The number of aliphatic hydroxyl groups is 1. The zero-order valence-electron chi connectivity index (χ0n) is 18.4. The molecule has 0 aromatic heterocycles. The van der Waals surface area contributed by atoms with Crippen molar-refractivity contribution in [1.29, 1.82) is 0 Å². The van der Waals surface area contributed by atoms with Crippen LogP contribution in [0.15, 0.2) is 91.0 Å². The van der Waals surface area contributed by atoms with Crippen molar-refractivity contribution in [2.75, 3.05) is 0 Å². The van der Waals surface area contributed by atoms with E-state index in [0.29, 0.717) is 5.56 Å². The Hall–Kier alpha value is -3.03. The van der Waals surface area contributed by atoms with E-state index in [2.05, 4.69) is 0 Å². The number of rotatable bonds is 8. The molecule has 0 radical (unpaired) electrons. The molecule has 3 aromatic carbocycles. The second-order valence-electron chi connectivity index (χ2n) is 7.99. The zero-order chi connectivity index (χ0) is 23.0. The summed E-state index contributed by atoms with van der Waals surface area (Å²) in [6, 6.07) is 28.1. The number of ether oxygens (including phenoxy) is 4. The summed E-state index contributed by atoms with van der Waals surface area (Å²) < 4.78 is 23.8. The van der Waals surface area contributed by atoms with E-state index in [1.807, 2.05) is 66.7 Å². The molecule has 0 amide bonds. The van der Waals surface area contributed by atoms with Gasteiger partial charge in [0.1, 0.15) is 12.2 Å². The number of hydrogen-bond acceptors (Lipinski definition) is 6. The first-order valence-electron chi connectivity index (χ1n) is 11.0. The van der Waals surface area contributed by atoms with E-state index in [1.54, 1.807) is 31.2 Å². The van der Waals surface area contributed by atoms with Crippen LogP contribution in [0, 0.1) is 0 Å². The van der Waals surface area contributed by atoms with Crippen LogP contribution in [0.25, 0.3) is 0 Å². The summed E-state index contributed by atoms with van der Waals surface area (Å²) in [6.07, 6.45) is -4.18. The first-order chi connectivity index (χ1) is 16.1. The lowest BCUT2D eigenvalue weighted by molar-refractivity contribution is -0.299. The third-order valence-electron chi connectivity index (χ3n) is 5.57. The molecule has 5 atom stereocenters. The quantitative estimate of drug-likeness (QED) is 0.523. The average molecular weight is 449 g/mol. The Kier molecular flexibility index (Phi) is 7.86. The smallest absolute Gasteiger partial charge is 0.338 e. The summed E-state index contributed by atoms with van der Waals surface area (Å²) in [5.41, 5.74) is 2.34. The van der Waals surface area contributed by atoms with Gasteiger partial charge in [-0.25, -0.2) is 4.79 Å². The van der Waals surface area contributed by atoms with E-state index in [1.165, 1.54) is 0 Å². The SMILES string of the molecule is C[C@@H]1O[C@H](O)[C@@H](OCc2ccccc2)[C@H](OCc2ccccc2)[C@@H]1OC(=O)c1ccccc1. The fourth-order valence-electron chi connectivity index (χ4n) is 3.82. The molecule has 0 unspecified atom stereocenters. The van der Waals surface area contributed by atoms with E-state index < -0.39 is 36.7 Å². The van der Waals surface area contributed by atoms with Gasteiger partial charge in [0, 0.05) is 0 Å². The average Bonchev–Trinajstić information content (AvgIpc) is 2.85. The molecule has 1 fully saturated rings. The Morgan fingerprint density at radius 3 is 1.79 bits per heavy atom. The summed E-state index contributed by atoms with van der Waals surface area (Å²) in [5, 5.41) is 10.7. The van der Waals surface area contributed by atoms with Gasteiger partial charge in [-0.1, -0.05) is 78.9 Å². The molecule has 6 nitrogen and oxygen atoms in total. The van der Waals surface area contributed by atoms with Gasteiger partial charge < -0.3 is 24.1 Å². The third-order valence-corrected chi connectivity index (χ3v) is 5.57. The van der Waals surface area contributed by atoms with Gasteiger partial charge in [-0.2, -0.15) is 0 Å². The largest absolute Gasteiger partial charge is 0.453 e. The molecule has 0 saturated carbocycles. The number of carbonyl (C=O) groups excluding carboxylic acids is 1. The van der Waals surface area contributed by atoms with Gasteiger partial charge in [0.25, 0.3) is 0 Å². The molecule has 4 rings (SSSR count). The summed E-state index contributed by atoms with van der Waals surface area (Å²) >= 11 is 0. The van der Waals surface area contributed by atoms with Crippen molar-refractivity contribution >= 4 is 5.97 Å². The van der Waals surface area contributed by atoms with Gasteiger partial charge >= 0.3 is 5.97 Å². The molecule has 0 aliphatic carbocycles. The van der Waals surface area contributed by atoms with Crippen LogP contribution in [0.1, 0.15) is 28.4 Å². The predicted octanol–water partition coefficient (Wildman–Crippen LogP) is 4.12. The van der Waals surface area contributed by atoms with Gasteiger partial charge in [-0.3, -0.25) is 0 Å². The highest BCUT2D eigenvalue weighted by Gasteiger charge is 2.47. The van der Waals surface area contributed by atoms with Crippen LogP contribution in [0.2, 0.25) is 0 Å². The van der Waals surface area contributed by atoms with Crippen molar-refractivity contribution in [2.45, 2.75) is 50.8 Å². The van der Waals surface area contributed by atoms with E-state index in [-0.39, 0.29) is 13.2 Å². The maximum absolute atomic E-state index is 12.8. The minimum absolute atomic E-state index is 0.255. The molecule has 6 heteroatoms. The molecule has 1 heterocycles. The summed E-state index contributed by atoms with van der Waals surface area (Å²) in [6.45, 7) is 2.28. The topological polar surface area (TPSA) is 74.2 Å². The molecular weight excluding hydrogens is 420 g/mol. The summed E-state index contributed by atoms with van der Waals surface area (Å²) in [7, 11) is 0. The first-order valence-corrected chi connectivity index (χ1v) is 11.0. The van der Waals surface area contributed by atoms with Crippen LogP contribution < -0.4 is 0 Å². The first kappa shape index (κ1) is 23.1. The minimum Gasteiger partial charge on any atom is -0.453 e. The number of carbonyl (C=O) groups is 1. The van der Waals surface area contributed by atoms with Crippen LogP contribution in [0.5, 0.6) is 0 Å². The second-order valence-corrected chi connectivity index (χ2v) is 7.99. The van der Waals surface area contributed by atoms with Crippen molar-refractivity contribution in [2.24, 2.45) is 0 Å². The van der Waals surface area contributed by atoms with Crippen molar-refractivity contribution in [3.8, 4) is 0 Å². The molecule has 1 saturated heterocycles. The fraction of sp³-hybridized carbons (Fsp3) is 0.296. The monoisotopic (exact) mass is 448 g/mol. The van der Waals surface area contributed by atoms with E-state index in [9.17, 15) is 9.90 Å². The number of benzene rings is 3. The summed E-state index contributed by atoms with van der Waals surface area (Å²) in [4.78, 5) is 12.8. The van der Waals surface area contributed by atoms with Crippen LogP contribution in [0.3, 0.4) is 0 Å². The Labute approximate surface area is 193 Å². The Morgan fingerprint density at radius 2 is 1.24 bits per heavy atom. The molecule has 3 aromatic rings. The molecule has 1 aliphatic heterocycles. The molecule has 33 heavy (non-hydrogen) atoms. The van der Waals surface area contributed by atoms with Crippen LogP contribution in [0.4, 0.5) is 0 Å². The lowest BCUT2D eigenvalue weighted by Crippen LogP contribution is -2.59. The van der Waals surface area contributed by atoms with E-state index >= 15 is 0 Å². The molecule has 0 bridgehead atoms. The Bertz CT molecular complexity index is 995. The zero-order valence-corrected chi connectivity index (χ0v) is 18.4. The number of hydrogen-bond donors (Lipinski definition) is 1. The molecule has 172 valence electrons. The maximum Gasteiger partial charge on any atom is 0.338 e. The Morgan fingerprint density at radius 1 is 0.758 bits per heavy atom. The predicted molar refractivity (Wildman–Crippen MR) is 122 cm³/mol. The molecule has 1 aliphatic rings. The number of esters is 1. The lowest BCUT2D eigenvalue weighted by atomic mass is 9.98. The van der Waals surface area contributed by atoms with Crippen LogP contribution in [-0.2, 0) is 32.2 Å². The van der Waals surface area contributed by atoms with Crippen molar-refractivity contribution in [3.63, 3.8) is 0 Å². The third kappa shape index (κ3) is 6.06. The van der Waals surface area contributed by atoms with E-state index in [4.69, 9.17) is 18.9 Å². The number of aliphatic hydroxyl groups excluding tert-OH is 1. The Balaban J connectivity index is 1.54. The normalized spacial score (nSPS) is 24.8. The van der Waals surface area contributed by atoms with Crippen molar-refractivity contribution < 1.29 is 28.8 Å². The van der Waals surface area contributed by atoms with Crippen LogP contribution >= 0.6 is 0 Å². The highest BCUT2D eigenvalue weighted by Crippen LogP contribution is 2.29. The molecule has 0 spiro atoms. The van der Waals surface area contributed by atoms with Crippen molar-refractivity contribution in [3.05, 3.63) is 108 Å². The second kappa shape index (κ2) is 11.2. The highest BCUT2D eigenvalue weighted by molar-refractivity contribution is 5.89. The van der Waals surface area contributed by atoms with Crippen molar-refractivity contribution in [1.82, 2.24) is 0 Å². The molecule has 1 N–H and O–H groups in total. The van der Waals surface area contributed by atoms with Gasteiger partial charge in [0.15, 0.2) is 12.4 Å². The molecular formula is C27H28O6. The van der Waals surface area contributed by atoms with Gasteiger partial charge in [-0.05, 0) is 30.2 Å². The maximum atomic E-state index is 12.8. The minimum atomic E-state index is -1.23. The highest BCUT2D eigenvalue weighted by atomic mass is 16.7. The van der Waals surface area contributed by atoms with E-state index in [0.717, 1.165) is 11.1 Å². The van der Waals surface area contributed by atoms with Gasteiger partial charge in [-0.15, -0.1) is 0 Å². The lowest BCUT2D eigenvalue weighted by Gasteiger charge is -2.43. The summed E-state index contributed by atoms with van der Waals surface area (Å²) in [5.74, 6) is -0.484. The fourth-order valence-corrected chi connectivity index (χ4v) is 3.82. The van der Waals surface area contributed by atoms with Gasteiger partial charge in [0.2, 0.25) is 0 Å². The van der Waals surface area contributed by atoms with Crippen LogP contribution in [-0.4, -0.2) is 41.8 Å². The van der Waals surface area contributed by atoms with Gasteiger partial charge in [0.05, 0.1) is 24.9 Å².